The minimum atomic E-state index is -0.169. The molecular formula is C17H20N4OS. The van der Waals surface area contributed by atoms with Gasteiger partial charge in [-0.25, -0.2) is 4.98 Å². The Labute approximate surface area is 139 Å². The molecule has 0 fully saturated rings. The summed E-state index contributed by atoms with van der Waals surface area (Å²) < 4.78 is 2.80. The number of para-hydroxylation sites is 1. The quantitative estimate of drug-likeness (QED) is 0.781. The Kier molecular flexibility index (Phi) is 4.17. The van der Waals surface area contributed by atoms with Crippen LogP contribution in [-0.2, 0) is 6.54 Å². The predicted octanol–water partition coefficient (Wildman–Crippen LogP) is 4.20. The summed E-state index contributed by atoms with van der Waals surface area (Å²) in [6.45, 7) is 8.81. The summed E-state index contributed by atoms with van der Waals surface area (Å²) >= 11 is 1.50. The number of hydrogen-bond acceptors (Lipinski definition) is 4. The maximum Gasteiger partial charge on any atom is 0.275 e. The molecule has 1 aromatic carbocycles. The van der Waals surface area contributed by atoms with Crippen molar-refractivity contribution >= 4 is 32.6 Å². The van der Waals surface area contributed by atoms with E-state index in [1.165, 1.54) is 16.9 Å². The molecule has 3 rings (SSSR count). The Hall–Kier alpha value is -2.21. The van der Waals surface area contributed by atoms with Gasteiger partial charge in [0.25, 0.3) is 5.91 Å². The molecule has 120 valence electrons. The molecule has 6 heteroatoms. The third-order valence-electron chi connectivity index (χ3n) is 3.73. The van der Waals surface area contributed by atoms with Crippen LogP contribution in [0.4, 0.5) is 5.13 Å². The molecule has 2 heterocycles. The van der Waals surface area contributed by atoms with E-state index in [9.17, 15) is 4.79 Å². The average Bonchev–Trinajstić information content (AvgIpc) is 3.08. The lowest BCUT2D eigenvalue weighted by Gasteiger charge is -2.05. The van der Waals surface area contributed by atoms with Gasteiger partial charge in [-0.15, -0.1) is 0 Å². The van der Waals surface area contributed by atoms with Crippen LogP contribution in [0.2, 0.25) is 0 Å². The van der Waals surface area contributed by atoms with E-state index >= 15 is 0 Å². The van der Waals surface area contributed by atoms with Gasteiger partial charge in [-0.3, -0.25) is 14.8 Å². The third-order valence-corrected chi connectivity index (χ3v) is 4.66. The number of fused-ring (bicyclic) bond motifs is 1. The molecule has 5 nitrogen and oxygen atoms in total. The smallest absolute Gasteiger partial charge is 0.275 e. The van der Waals surface area contributed by atoms with Crippen LogP contribution in [0.15, 0.2) is 24.3 Å². The fourth-order valence-corrected chi connectivity index (χ4v) is 3.52. The van der Waals surface area contributed by atoms with Crippen molar-refractivity contribution < 1.29 is 4.79 Å². The summed E-state index contributed by atoms with van der Waals surface area (Å²) in [6, 6.07) is 7.96. The highest BCUT2D eigenvalue weighted by Crippen LogP contribution is 2.31. The molecule has 23 heavy (non-hydrogen) atoms. The first kappa shape index (κ1) is 15.7. The van der Waals surface area contributed by atoms with Gasteiger partial charge in [0, 0.05) is 6.54 Å². The number of aromatic nitrogens is 3. The average molecular weight is 328 g/mol. The van der Waals surface area contributed by atoms with Crippen molar-refractivity contribution in [2.75, 3.05) is 5.32 Å². The van der Waals surface area contributed by atoms with Crippen molar-refractivity contribution in [1.82, 2.24) is 14.8 Å². The van der Waals surface area contributed by atoms with Crippen LogP contribution in [0, 0.1) is 6.92 Å². The number of amides is 1. The van der Waals surface area contributed by atoms with Gasteiger partial charge in [-0.05, 0) is 37.5 Å². The summed E-state index contributed by atoms with van der Waals surface area (Å²) in [5.41, 5.74) is 3.58. The minimum absolute atomic E-state index is 0.169. The standard InChI is InChI=1S/C17H20N4OS/c1-5-21-13(9-11(4)20-21)16(22)19-17-18-15-12(10(2)3)7-6-8-14(15)23-17/h6-10H,5H2,1-4H3,(H,18,19,22). The highest BCUT2D eigenvalue weighted by molar-refractivity contribution is 7.22. The molecule has 0 spiro atoms. The van der Waals surface area contributed by atoms with E-state index in [2.05, 4.69) is 35.3 Å². The first-order valence-corrected chi connectivity index (χ1v) is 8.56. The van der Waals surface area contributed by atoms with Gasteiger partial charge in [0.15, 0.2) is 5.13 Å². The topological polar surface area (TPSA) is 59.8 Å². The molecule has 0 aliphatic carbocycles. The molecule has 0 unspecified atom stereocenters. The molecule has 0 saturated heterocycles. The van der Waals surface area contributed by atoms with Crippen LogP contribution in [0.25, 0.3) is 10.2 Å². The molecule has 2 aromatic heterocycles. The van der Waals surface area contributed by atoms with E-state index in [1.807, 2.05) is 26.0 Å². The lowest BCUT2D eigenvalue weighted by molar-refractivity contribution is 0.101. The van der Waals surface area contributed by atoms with Crippen molar-refractivity contribution in [2.24, 2.45) is 0 Å². The zero-order chi connectivity index (χ0) is 16.6. The molecule has 0 radical (unpaired) electrons. The molecule has 3 aromatic rings. The third kappa shape index (κ3) is 2.99. The molecule has 0 saturated carbocycles. The summed E-state index contributed by atoms with van der Waals surface area (Å²) in [7, 11) is 0. The highest BCUT2D eigenvalue weighted by atomic mass is 32.1. The van der Waals surface area contributed by atoms with Crippen LogP contribution in [0.5, 0.6) is 0 Å². The predicted molar refractivity (Wildman–Crippen MR) is 94.3 cm³/mol. The zero-order valence-electron chi connectivity index (χ0n) is 13.8. The number of nitrogens with one attached hydrogen (secondary N) is 1. The molecular weight excluding hydrogens is 308 g/mol. The van der Waals surface area contributed by atoms with E-state index in [4.69, 9.17) is 0 Å². The number of thiazole rings is 1. The Morgan fingerprint density at radius 3 is 2.87 bits per heavy atom. The number of carbonyl (C=O) groups excluding carboxylic acids is 1. The van der Waals surface area contributed by atoms with Crippen molar-refractivity contribution in [2.45, 2.75) is 40.2 Å². The molecule has 0 atom stereocenters. The Balaban J connectivity index is 1.92. The van der Waals surface area contributed by atoms with Gasteiger partial charge >= 0.3 is 0 Å². The van der Waals surface area contributed by atoms with E-state index in [0.29, 0.717) is 23.3 Å². The van der Waals surface area contributed by atoms with Gasteiger partial charge < -0.3 is 0 Å². The monoisotopic (exact) mass is 328 g/mol. The number of hydrogen-bond donors (Lipinski definition) is 1. The van der Waals surface area contributed by atoms with E-state index in [-0.39, 0.29) is 5.91 Å². The van der Waals surface area contributed by atoms with Crippen molar-refractivity contribution in [3.05, 3.63) is 41.2 Å². The molecule has 1 N–H and O–H groups in total. The number of benzene rings is 1. The first-order chi connectivity index (χ1) is 11.0. The Bertz CT molecular complexity index is 863. The number of nitrogens with zero attached hydrogens (tertiary/aromatic N) is 3. The lowest BCUT2D eigenvalue weighted by atomic mass is 10.0. The maximum atomic E-state index is 12.5. The highest BCUT2D eigenvalue weighted by Gasteiger charge is 2.16. The second kappa shape index (κ2) is 6.12. The van der Waals surface area contributed by atoms with Crippen molar-refractivity contribution in [3.8, 4) is 0 Å². The molecule has 0 aliphatic rings. The second-order valence-corrected chi connectivity index (χ2v) is 6.84. The largest absolute Gasteiger partial charge is 0.296 e. The Morgan fingerprint density at radius 1 is 1.39 bits per heavy atom. The number of carbonyl (C=O) groups is 1. The SMILES string of the molecule is CCn1nc(C)cc1C(=O)Nc1nc2c(C(C)C)cccc2s1. The molecule has 0 bridgehead atoms. The fraction of sp³-hybridized carbons (Fsp3) is 0.353. The number of rotatable bonds is 4. The Morgan fingerprint density at radius 2 is 2.17 bits per heavy atom. The zero-order valence-corrected chi connectivity index (χ0v) is 14.6. The van der Waals surface area contributed by atoms with E-state index in [0.717, 1.165) is 15.9 Å². The van der Waals surface area contributed by atoms with Gasteiger partial charge in [-0.1, -0.05) is 37.3 Å². The van der Waals surface area contributed by atoms with Crippen molar-refractivity contribution in [1.29, 1.82) is 0 Å². The van der Waals surface area contributed by atoms with E-state index < -0.39 is 0 Å². The minimum Gasteiger partial charge on any atom is -0.296 e. The first-order valence-electron chi connectivity index (χ1n) is 7.74. The summed E-state index contributed by atoms with van der Waals surface area (Å²) in [5, 5.41) is 7.84. The van der Waals surface area contributed by atoms with Crippen molar-refractivity contribution in [3.63, 3.8) is 0 Å². The van der Waals surface area contributed by atoms with Crippen LogP contribution in [0.3, 0.4) is 0 Å². The fourth-order valence-electron chi connectivity index (χ4n) is 2.62. The molecule has 0 aliphatic heterocycles. The van der Waals surface area contributed by atoms with Crippen LogP contribution >= 0.6 is 11.3 Å². The van der Waals surface area contributed by atoms with Crippen LogP contribution < -0.4 is 5.32 Å². The van der Waals surface area contributed by atoms with E-state index in [1.54, 1.807) is 10.7 Å². The van der Waals surface area contributed by atoms with Gasteiger partial charge in [0.05, 0.1) is 15.9 Å². The van der Waals surface area contributed by atoms with Crippen LogP contribution in [-0.4, -0.2) is 20.7 Å². The maximum absolute atomic E-state index is 12.5. The summed E-state index contributed by atoms with van der Waals surface area (Å²) in [6.07, 6.45) is 0. The van der Waals surface area contributed by atoms with Gasteiger partial charge in [-0.2, -0.15) is 5.10 Å². The number of anilines is 1. The lowest BCUT2D eigenvalue weighted by Crippen LogP contribution is -2.17. The number of aryl methyl sites for hydroxylation is 2. The molecule has 1 amide bonds. The summed E-state index contributed by atoms with van der Waals surface area (Å²) in [5.74, 6) is 0.228. The normalized spacial score (nSPS) is 11.3. The van der Waals surface area contributed by atoms with Crippen LogP contribution in [0.1, 0.15) is 48.4 Å². The second-order valence-electron chi connectivity index (χ2n) is 5.81. The van der Waals surface area contributed by atoms with Gasteiger partial charge in [0.1, 0.15) is 5.69 Å². The summed E-state index contributed by atoms with van der Waals surface area (Å²) in [4.78, 5) is 17.1. The van der Waals surface area contributed by atoms with Gasteiger partial charge in [0.2, 0.25) is 0 Å².